The standard InChI is InChI=1S/C28H25FN8O/c1-37(2)6-5-31-20-8-16(7-19(29)11-20)22-3-4-32-27-23(22)12-25(34-27)26-24-10-18(14-33-28(24)36-35-26)17-9-21(38)15-30-13-17/h3-4,7-15,31,38H,5-6H2,1-2H3,(H,32,34)(H,33,35,36). The highest BCUT2D eigenvalue weighted by Gasteiger charge is 2.16. The van der Waals surface area contributed by atoms with Crippen molar-refractivity contribution in [3.8, 4) is 39.4 Å². The Morgan fingerprint density at radius 3 is 2.63 bits per heavy atom. The van der Waals surface area contributed by atoms with Crippen LogP contribution in [0.4, 0.5) is 10.1 Å². The predicted octanol–water partition coefficient (Wildman–Crippen LogP) is 5.05. The van der Waals surface area contributed by atoms with E-state index in [4.69, 9.17) is 0 Å². The second kappa shape index (κ2) is 9.56. The van der Waals surface area contributed by atoms with E-state index in [1.807, 2.05) is 38.4 Å². The molecule has 0 saturated heterocycles. The van der Waals surface area contributed by atoms with Crippen molar-refractivity contribution in [2.75, 3.05) is 32.5 Å². The van der Waals surface area contributed by atoms with Crippen LogP contribution in [0.5, 0.6) is 5.75 Å². The van der Waals surface area contributed by atoms with Crippen LogP contribution in [-0.2, 0) is 0 Å². The third kappa shape index (κ3) is 4.53. The zero-order chi connectivity index (χ0) is 26.2. The van der Waals surface area contributed by atoms with Crippen molar-refractivity contribution in [3.63, 3.8) is 0 Å². The van der Waals surface area contributed by atoms with E-state index in [0.29, 0.717) is 23.5 Å². The lowest BCUT2D eigenvalue weighted by atomic mass is 10.0. The SMILES string of the molecule is CN(C)CCNc1cc(F)cc(-c2ccnc3[nH]c(-c4n[nH]c5ncc(-c6cncc(O)c6)cc45)cc23)c1. The van der Waals surface area contributed by atoms with Gasteiger partial charge in [0.2, 0.25) is 0 Å². The molecule has 0 amide bonds. The van der Waals surface area contributed by atoms with E-state index in [9.17, 15) is 9.50 Å². The summed E-state index contributed by atoms with van der Waals surface area (Å²) in [5.74, 6) is -0.230. The molecule has 0 radical (unpaired) electrons. The van der Waals surface area contributed by atoms with Crippen molar-refractivity contribution in [3.05, 3.63) is 73.1 Å². The Bertz CT molecular complexity index is 1770. The first-order valence-corrected chi connectivity index (χ1v) is 12.1. The lowest BCUT2D eigenvalue weighted by Gasteiger charge is -2.13. The van der Waals surface area contributed by atoms with Crippen LogP contribution >= 0.6 is 0 Å². The first-order valence-electron chi connectivity index (χ1n) is 12.1. The van der Waals surface area contributed by atoms with Crippen LogP contribution in [0, 0.1) is 5.82 Å². The fraction of sp³-hybridized carbons (Fsp3) is 0.143. The Labute approximate surface area is 217 Å². The Morgan fingerprint density at radius 1 is 0.921 bits per heavy atom. The average Bonchev–Trinajstić information content (AvgIpc) is 3.51. The number of aromatic amines is 2. The largest absolute Gasteiger partial charge is 0.506 e. The summed E-state index contributed by atoms with van der Waals surface area (Å²) < 4.78 is 14.6. The van der Waals surface area contributed by atoms with Crippen LogP contribution in [0.15, 0.2) is 67.3 Å². The van der Waals surface area contributed by atoms with Crippen LogP contribution in [0.1, 0.15) is 0 Å². The normalized spacial score (nSPS) is 11.6. The van der Waals surface area contributed by atoms with E-state index in [0.717, 1.165) is 51.0 Å². The monoisotopic (exact) mass is 508 g/mol. The molecule has 0 aliphatic heterocycles. The number of rotatable bonds is 7. The molecule has 38 heavy (non-hydrogen) atoms. The quantitative estimate of drug-likeness (QED) is 0.238. The number of hydrogen-bond donors (Lipinski definition) is 4. The minimum Gasteiger partial charge on any atom is -0.506 e. The summed E-state index contributed by atoms with van der Waals surface area (Å²) in [6.07, 6.45) is 6.47. The highest BCUT2D eigenvalue weighted by Crippen LogP contribution is 2.35. The third-order valence-electron chi connectivity index (χ3n) is 6.36. The number of hydrogen-bond acceptors (Lipinski definition) is 7. The first-order chi connectivity index (χ1) is 18.4. The fourth-order valence-corrected chi connectivity index (χ4v) is 4.53. The Balaban J connectivity index is 1.40. The number of halogens is 1. The number of H-pyrrole nitrogens is 2. The van der Waals surface area contributed by atoms with E-state index in [1.165, 1.54) is 18.3 Å². The molecule has 1 aromatic carbocycles. The number of nitrogens with one attached hydrogen (secondary N) is 3. The van der Waals surface area contributed by atoms with Crippen molar-refractivity contribution in [2.45, 2.75) is 0 Å². The lowest BCUT2D eigenvalue weighted by molar-refractivity contribution is 0.425. The summed E-state index contributed by atoms with van der Waals surface area (Å²) in [6.45, 7) is 1.54. The molecule has 0 aliphatic carbocycles. The Morgan fingerprint density at radius 2 is 1.79 bits per heavy atom. The topological polar surface area (TPSA) is 119 Å². The van der Waals surface area contributed by atoms with Gasteiger partial charge in [-0.2, -0.15) is 5.10 Å². The average molecular weight is 509 g/mol. The van der Waals surface area contributed by atoms with E-state index in [2.05, 4.69) is 40.3 Å². The van der Waals surface area contributed by atoms with Crippen molar-refractivity contribution in [2.24, 2.45) is 0 Å². The number of benzene rings is 1. The predicted molar refractivity (Wildman–Crippen MR) is 146 cm³/mol. The third-order valence-corrected chi connectivity index (χ3v) is 6.36. The first kappa shape index (κ1) is 23.6. The molecule has 0 bridgehead atoms. The Hall–Kier alpha value is -4.83. The van der Waals surface area contributed by atoms with Gasteiger partial charge < -0.3 is 20.3 Å². The molecule has 0 saturated carbocycles. The van der Waals surface area contributed by atoms with Crippen LogP contribution in [0.25, 0.3) is 55.7 Å². The van der Waals surface area contributed by atoms with Crippen molar-refractivity contribution < 1.29 is 9.50 Å². The highest BCUT2D eigenvalue weighted by atomic mass is 19.1. The van der Waals surface area contributed by atoms with Gasteiger partial charge in [-0.3, -0.25) is 10.1 Å². The van der Waals surface area contributed by atoms with Gasteiger partial charge in [0.15, 0.2) is 5.65 Å². The van der Waals surface area contributed by atoms with Crippen LogP contribution in [0.3, 0.4) is 0 Å². The maximum absolute atomic E-state index is 14.6. The lowest BCUT2D eigenvalue weighted by Crippen LogP contribution is -2.20. The molecule has 5 heterocycles. The summed E-state index contributed by atoms with van der Waals surface area (Å²) in [7, 11) is 4.00. The van der Waals surface area contributed by atoms with Gasteiger partial charge in [-0.1, -0.05) is 0 Å². The summed E-state index contributed by atoms with van der Waals surface area (Å²) in [6, 6.07) is 12.4. The second-order valence-corrected chi connectivity index (χ2v) is 9.39. The number of fused-ring (bicyclic) bond motifs is 2. The molecule has 10 heteroatoms. The van der Waals surface area contributed by atoms with Crippen molar-refractivity contribution >= 4 is 27.8 Å². The second-order valence-electron chi connectivity index (χ2n) is 9.39. The van der Waals surface area contributed by atoms with E-state index in [-0.39, 0.29) is 11.6 Å². The van der Waals surface area contributed by atoms with Gasteiger partial charge in [0.05, 0.1) is 11.9 Å². The maximum Gasteiger partial charge on any atom is 0.155 e. The van der Waals surface area contributed by atoms with Gasteiger partial charge in [0.25, 0.3) is 0 Å². The van der Waals surface area contributed by atoms with Crippen LogP contribution in [-0.4, -0.2) is 67.3 Å². The summed E-state index contributed by atoms with van der Waals surface area (Å²) in [5.41, 5.74) is 6.60. The molecular weight excluding hydrogens is 483 g/mol. The molecule has 6 rings (SSSR count). The molecule has 5 aromatic heterocycles. The number of likely N-dealkylation sites (N-methyl/N-ethyl adjacent to an activating group) is 1. The highest BCUT2D eigenvalue weighted by molar-refractivity contribution is 6.00. The molecule has 6 aromatic rings. The van der Waals surface area contributed by atoms with Gasteiger partial charge in [0, 0.05) is 59.3 Å². The molecular formula is C28H25FN8O. The van der Waals surface area contributed by atoms with Gasteiger partial charge in [-0.15, -0.1) is 0 Å². The molecule has 190 valence electrons. The molecule has 4 N–H and O–H groups in total. The van der Waals surface area contributed by atoms with Gasteiger partial charge in [0.1, 0.15) is 22.9 Å². The summed E-state index contributed by atoms with van der Waals surface area (Å²) in [4.78, 5) is 18.5. The minimum absolute atomic E-state index is 0.0811. The molecule has 0 spiro atoms. The van der Waals surface area contributed by atoms with Crippen LogP contribution in [0.2, 0.25) is 0 Å². The van der Waals surface area contributed by atoms with E-state index in [1.54, 1.807) is 24.7 Å². The number of nitrogens with zero attached hydrogens (tertiary/aromatic N) is 5. The minimum atomic E-state index is -0.311. The van der Waals surface area contributed by atoms with Gasteiger partial charge >= 0.3 is 0 Å². The van der Waals surface area contributed by atoms with Crippen LogP contribution < -0.4 is 5.32 Å². The molecule has 0 unspecified atom stereocenters. The summed E-state index contributed by atoms with van der Waals surface area (Å²) in [5, 5.41) is 22.3. The maximum atomic E-state index is 14.6. The molecule has 9 nitrogen and oxygen atoms in total. The smallest absolute Gasteiger partial charge is 0.155 e. The Kier molecular flexibility index (Phi) is 5.93. The van der Waals surface area contributed by atoms with Crippen molar-refractivity contribution in [1.29, 1.82) is 0 Å². The number of anilines is 1. The van der Waals surface area contributed by atoms with Gasteiger partial charge in [-0.05, 0) is 67.7 Å². The number of aromatic nitrogens is 6. The zero-order valence-electron chi connectivity index (χ0n) is 20.8. The van der Waals surface area contributed by atoms with Gasteiger partial charge in [-0.25, -0.2) is 14.4 Å². The number of aromatic hydroxyl groups is 1. The van der Waals surface area contributed by atoms with E-state index < -0.39 is 0 Å². The molecule has 0 fully saturated rings. The van der Waals surface area contributed by atoms with Crippen molar-refractivity contribution in [1.82, 2.24) is 35.0 Å². The summed E-state index contributed by atoms with van der Waals surface area (Å²) >= 11 is 0. The number of pyridine rings is 3. The molecule has 0 atom stereocenters. The van der Waals surface area contributed by atoms with E-state index >= 15 is 0 Å². The fourth-order valence-electron chi connectivity index (χ4n) is 4.53. The zero-order valence-corrected chi connectivity index (χ0v) is 20.8. The molecule has 0 aliphatic rings.